The predicted molar refractivity (Wildman–Crippen MR) is 120 cm³/mol. The Labute approximate surface area is 186 Å². The molecule has 5 rings (SSSR count). The molecule has 8 heteroatoms. The van der Waals surface area contributed by atoms with Crippen LogP contribution in [0.4, 0.5) is 4.39 Å². The number of hydrazone groups is 1. The number of hydrogen-bond acceptors (Lipinski definition) is 5. The summed E-state index contributed by atoms with van der Waals surface area (Å²) in [6, 6.07) is 21.4. The number of halogens is 2. The molecule has 5 nitrogen and oxygen atoms in total. The normalized spacial score (nSPS) is 17.3. The number of benzene rings is 3. The molecule has 1 unspecified atom stereocenters. The summed E-state index contributed by atoms with van der Waals surface area (Å²) in [6.07, 6.45) is -0.589. The molecule has 154 valence electrons. The number of nitrogens with zero attached hydrogens (tertiary/aromatic N) is 3. The zero-order valence-corrected chi connectivity index (χ0v) is 17.7. The number of carbonyl (C=O) groups is 1. The summed E-state index contributed by atoms with van der Waals surface area (Å²) in [4.78, 5) is 17.9. The Hall–Kier alpha value is -3.16. The molecule has 0 bridgehead atoms. The first-order valence-electron chi connectivity index (χ1n) is 9.59. The van der Waals surface area contributed by atoms with Crippen LogP contribution in [-0.4, -0.2) is 16.1 Å². The smallest absolute Gasteiger partial charge is 0.276 e. The van der Waals surface area contributed by atoms with Crippen LogP contribution in [0.15, 0.2) is 82.9 Å². The lowest BCUT2D eigenvalue weighted by atomic mass is 10.1. The van der Waals surface area contributed by atoms with Crippen molar-refractivity contribution in [1.82, 2.24) is 10.3 Å². The standard InChI is InChI=1S/C23H16ClFN4OS/c24-17-10-4-2-8-15(17)21-26-19-12-6-3-9-16(19)20-22(30)27-23(28-29(20)21)31-13-14-7-1-5-11-18(14)25/h1-12,21H,13H2,(H,27,28,30). The molecule has 3 aromatic rings. The van der Waals surface area contributed by atoms with E-state index in [4.69, 9.17) is 16.6 Å². The molecule has 0 fully saturated rings. The van der Waals surface area contributed by atoms with Gasteiger partial charge in [-0.25, -0.2) is 9.40 Å². The molecule has 31 heavy (non-hydrogen) atoms. The van der Waals surface area contributed by atoms with Gasteiger partial charge in [0.05, 0.1) is 5.36 Å². The maximum absolute atomic E-state index is 14.0. The zero-order valence-electron chi connectivity index (χ0n) is 16.1. The zero-order chi connectivity index (χ0) is 21.4. The van der Waals surface area contributed by atoms with E-state index in [0.717, 1.165) is 5.56 Å². The number of amidine groups is 1. The summed E-state index contributed by atoms with van der Waals surface area (Å²) >= 11 is 7.71. The fourth-order valence-electron chi connectivity index (χ4n) is 3.54. The minimum absolute atomic E-state index is 0.287. The summed E-state index contributed by atoms with van der Waals surface area (Å²) in [5.74, 6) is -0.245. The van der Waals surface area contributed by atoms with E-state index in [9.17, 15) is 9.18 Å². The molecule has 1 atom stereocenters. The Balaban J connectivity index is 1.58. The third kappa shape index (κ3) is 3.71. The molecular weight excluding hydrogens is 435 g/mol. The summed E-state index contributed by atoms with van der Waals surface area (Å²) in [7, 11) is 0. The van der Waals surface area contributed by atoms with Gasteiger partial charge in [-0.05, 0) is 23.8 Å². The molecular formula is C23H16ClFN4OS. The second kappa shape index (κ2) is 8.17. The SMILES string of the molecule is O=C1NC(SCc2ccccc2F)=NN2C1=c1ccccc1=NC2c1ccccc1Cl. The van der Waals surface area contributed by atoms with Gasteiger partial charge in [0.15, 0.2) is 11.3 Å². The maximum atomic E-state index is 14.0. The van der Waals surface area contributed by atoms with Crippen molar-refractivity contribution in [1.29, 1.82) is 0 Å². The molecule has 0 radical (unpaired) electrons. The molecule has 1 N–H and O–H groups in total. The fourth-order valence-corrected chi connectivity index (χ4v) is 4.61. The van der Waals surface area contributed by atoms with E-state index in [0.29, 0.717) is 37.8 Å². The molecule has 3 aromatic carbocycles. The Morgan fingerprint density at radius 1 is 1.03 bits per heavy atom. The number of rotatable bonds is 3. The van der Waals surface area contributed by atoms with Crippen molar-refractivity contribution >= 4 is 40.1 Å². The van der Waals surface area contributed by atoms with Crippen LogP contribution in [0.25, 0.3) is 5.70 Å². The maximum Gasteiger partial charge on any atom is 0.276 e. The highest BCUT2D eigenvalue weighted by atomic mass is 35.5. The quantitative estimate of drug-likeness (QED) is 0.664. The van der Waals surface area contributed by atoms with Crippen LogP contribution in [0.1, 0.15) is 17.3 Å². The van der Waals surface area contributed by atoms with E-state index in [1.54, 1.807) is 29.3 Å². The number of amides is 1. The summed E-state index contributed by atoms with van der Waals surface area (Å²) in [6.45, 7) is 0. The van der Waals surface area contributed by atoms with Crippen LogP contribution in [0.2, 0.25) is 5.02 Å². The van der Waals surface area contributed by atoms with Gasteiger partial charge in [-0.3, -0.25) is 15.1 Å². The number of thioether (sulfide) groups is 1. The highest BCUT2D eigenvalue weighted by molar-refractivity contribution is 8.13. The number of carbonyl (C=O) groups excluding carboxylic acids is 1. The van der Waals surface area contributed by atoms with Crippen molar-refractivity contribution in [2.75, 3.05) is 0 Å². The van der Waals surface area contributed by atoms with Crippen molar-refractivity contribution in [3.63, 3.8) is 0 Å². The second-order valence-corrected chi connectivity index (χ2v) is 8.35. The minimum atomic E-state index is -0.589. The third-order valence-electron chi connectivity index (χ3n) is 5.02. The van der Waals surface area contributed by atoms with Crippen molar-refractivity contribution in [3.05, 3.63) is 105 Å². The van der Waals surface area contributed by atoms with Gasteiger partial charge in [0.1, 0.15) is 11.5 Å². The van der Waals surface area contributed by atoms with Crippen molar-refractivity contribution in [2.24, 2.45) is 10.1 Å². The lowest BCUT2D eigenvalue weighted by Crippen LogP contribution is -2.50. The third-order valence-corrected chi connectivity index (χ3v) is 6.28. The largest absolute Gasteiger partial charge is 0.298 e. The molecule has 2 aliphatic heterocycles. The highest BCUT2D eigenvalue weighted by Gasteiger charge is 2.35. The highest BCUT2D eigenvalue weighted by Crippen LogP contribution is 2.34. The number of nitrogens with one attached hydrogen (secondary N) is 1. The van der Waals surface area contributed by atoms with Gasteiger partial charge in [0.25, 0.3) is 5.91 Å². The molecule has 0 aliphatic carbocycles. The Kier molecular flexibility index (Phi) is 5.21. The van der Waals surface area contributed by atoms with E-state index < -0.39 is 6.17 Å². The summed E-state index contributed by atoms with van der Waals surface area (Å²) in [5, 5.41) is 11.4. The monoisotopic (exact) mass is 450 g/mol. The average Bonchev–Trinajstić information content (AvgIpc) is 2.78. The van der Waals surface area contributed by atoms with Crippen LogP contribution in [-0.2, 0) is 10.5 Å². The Morgan fingerprint density at radius 3 is 2.61 bits per heavy atom. The van der Waals surface area contributed by atoms with Gasteiger partial charge < -0.3 is 0 Å². The van der Waals surface area contributed by atoms with Crippen molar-refractivity contribution < 1.29 is 9.18 Å². The van der Waals surface area contributed by atoms with E-state index in [2.05, 4.69) is 10.4 Å². The van der Waals surface area contributed by atoms with Crippen molar-refractivity contribution in [3.8, 4) is 0 Å². The summed E-state index contributed by atoms with van der Waals surface area (Å²) < 4.78 is 14.0. The molecule has 0 saturated carbocycles. The fraction of sp³-hybridized carbons (Fsp3) is 0.0870. The molecule has 0 spiro atoms. The van der Waals surface area contributed by atoms with Gasteiger partial charge in [-0.1, -0.05) is 78.0 Å². The van der Waals surface area contributed by atoms with Gasteiger partial charge in [0, 0.05) is 21.6 Å². The van der Waals surface area contributed by atoms with E-state index in [-0.39, 0.29) is 11.7 Å². The van der Waals surface area contributed by atoms with Gasteiger partial charge in [0.2, 0.25) is 0 Å². The van der Waals surface area contributed by atoms with Crippen LogP contribution in [0.3, 0.4) is 0 Å². The molecule has 1 amide bonds. The number of para-hydroxylation sites is 1. The first-order chi connectivity index (χ1) is 15.1. The van der Waals surface area contributed by atoms with Gasteiger partial charge >= 0.3 is 0 Å². The minimum Gasteiger partial charge on any atom is -0.298 e. The Morgan fingerprint density at radius 2 is 1.77 bits per heavy atom. The molecule has 2 heterocycles. The first kappa shape index (κ1) is 19.8. The predicted octanol–water partition coefficient (Wildman–Crippen LogP) is 3.56. The first-order valence-corrected chi connectivity index (χ1v) is 10.9. The lowest BCUT2D eigenvalue weighted by Gasteiger charge is -2.34. The molecule has 0 saturated heterocycles. The average molecular weight is 451 g/mol. The molecule has 0 aromatic heterocycles. The number of hydrogen-bond donors (Lipinski definition) is 1. The Bertz CT molecular complexity index is 1340. The van der Waals surface area contributed by atoms with Crippen LogP contribution < -0.4 is 15.9 Å². The number of fused-ring (bicyclic) bond motifs is 2. The topological polar surface area (TPSA) is 57.1 Å². The van der Waals surface area contributed by atoms with Crippen molar-refractivity contribution in [2.45, 2.75) is 11.9 Å². The van der Waals surface area contributed by atoms with Crippen LogP contribution in [0, 0.1) is 5.82 Å². The summed E-state index contributed by atoms with van der Waals surface area (Å²) in [5.41, 5.74) is 1.69. The van der Waals surface area contributed by atoms with Crippen LogP contribution in [0.5, 0.6) is 0 Å². The second-order valence-electron chi connectivity index (χ2n) is 6.97. The molecule has 2 aliphatic rings. The van der Waals surface area contributed by atoms with E-state index in [1.165, 1.54) is 17.8 Å². The lowest BCUT2D eigenvalue weighted by molar-refractivity contribution is -0.116. The van der Waals surface area contributed by atoms with Gasteiger partial charge in [-0.2, -0.15) is 0 Å². The van der Waals surface area contributed by atoms with E-state index in [1.807, 2.05) is 42.5 Å². The van der Waals surface area contributed by atoms with E-state index >= 15 is 0 Å². The van der Waals surface area contributed by atoms with Gasteiger partial charge in [-0.15, -0.1) is 5.10 Å². The van der Waals surface area contributed by atoms with Crippen LogP contribution >= 0.6 is 23.4 Å².